The minimum absolute atomic E-state index is 0.345. The Morgan fingerprint density at radius 1 is 1.00 bits per heavy atom. The second-order valence-electron chi connectivity index (χ2n) is 4.68. The Balaban J connectivity index is 2.11. The normalized spacial score (nSPS) is 12.2. The predicted octanol–water partition coefficient (Wildman–Crippen LogP) is 3.91. The van der Waals surface area contributed by atoms with Crippen LogP contribution in [-0.2, 0) is 0 Å². The van der Waals surface area contributed by atoms with Crippen LogP contribution < -0.4 is 4.80 Å². The van der Waals surface area contributed by atoms with Crippen molar-refractivity contribution >= 4 is 17.6 Å². The SMILES string of the molecule is CN=c1scc(-c2ccccc2F)n1/N=C\c1ccccc1F. The fourth-order valence-electron chi connectivity index (χ4n) is 2.12. The first-order valence-electron chi connectivity index (χ1n) is 6.88. The molecule has 23 heavy (non-hydrogen) atoms. The summed E-state index contributed by atoms with van der Waals surface area (Å²) in [6.45, 7) is 0. The number of halogens is 2. The fraction of sp³-hybridized carbons (Fsp3) is 0.0588. The Bertz CT molecular complexity index is 925. The standard InChI is InChI=1S/C17H13F2N3S/c1-20-17-22(21-10-12-6-2-4-8-14(12)18)16(11-23-17)13-7-3-5-9-15(13)19/h2-11H,1H3/b20-17?,21-10-. The van der Waals surface area contributed by atoms with Crippen molar-refractivity contribution in [2.75, 3.05) is 7.05 Å². The third kappa shape index (κ3) is 3.12. The predicted molar refractivity (Wildman–Crippen MR) is 88.6 cm³/mol. The Morgan fingerprint density at radius 3 is 2.39 bits per heavy atom. The zero-order chi connectivity index (χ0) is 16.2. The second-order valence-corrected chi connectivity index (χ2v) is 5.52. The van der Waals surface area contributed by atoms with Crippen LogP contribution in [0.2, 0.25) is 0 Å². The summed E-state index contributed by atoms with van der Waals surface area (Å²) < 4.78 is 29.3. The molecule has 0 aliphatic carbocycles. The number of hydrogen-bond acceptors (Lipinski definition) is 3. The molecule has 0 radical (unpaired) electrons. The Kier molecular flexibility index (Phi) is 4.43. The van der Waals surface area contributed by atoms with Gasteiger partial charge in [-0.25, -0.2) is 13.5 Å². The third-order valence-electron chi connectivity index (χ3n) is 3.24. The van der Waals surface area contributed by atoms with Gasteiger partial charge in [0.1, 0.15) is 11.6 Å². The first-order valence-corrected chi connectivity index (χ1v) is 7.76. The lowest BCUT2D eigenvalue weighted by molar-refractivity contribution is 0.625. The first kappa shape index (κ1) is 15.3. The van der Waals surface area contributed by atoms with Crippen LogP contribution in [0.5, 0.6) is 0 Å². The Hall–Kier alpha value is -2.60. The molecule has 1 heterocycles. The van der Waals surface area contributed by atoms with Crippen LogP contribution in [0.1, 0.15) is 5.56 Å². The van der Waals surface area contributed by atoms with Gasteiger partial charge in [-0.05, 0) is 18.2 Å². The van der Waals surface area contributed by atoms with Gasteiger partial charge in [0.05, 0.1) is 11.9 Å². The number of aromatic nitrogens is 1. The molecule has 0 atom stereocenters. The molecule has 0 aliphatic rings. The van der Waals surface area contributed by atoms with Crippen LogP contribution in [0.4, 0.5) is 8.78 Å². The van der Waals surface area contributed by atoms with Crippen molar-refractivity contribution < 1.29 is 8.78 Å². The average Bonchev–Trinajstić information content (AvgIpc) is 2.97. The highest BCUT2D eigenvalue weighted by atomic mass is 32.1. The summed E-state index contributed by atoms with van der Waals surface area (Å²) in [5.41, 5.74) is 1.35. The molecule has 2 aromatic carbocycles. The molecule has 0 N–H and O–H groups in total. The molecule has 0 fully saturated rings. The highest BCUT2D eigenvalue weighted by Gasteiger charge is 2.11. The van der Waals surface area contributed by atoms with Gasteiger partial charge in [0.2, 0.25) is 4.80 Å². The summed E-state index contributed by atoms with van der Waals surface area (Å²) in [5.74, 6) is -0.711. The summed E-state index contributed by atoms with van der Waals surface area (Å²) in [6, 6.07) is 12.8. The van der Waals surface area contributed by atoms with E-state index in [4.69, 9.17) is 0 Å². The molecule has 3 rings (SSSR count). The van der Waals surface area contributed by atoms with Crippen LogP contribution in [-0.4, -0.2) is 17.9 Å². The lowest BCUT2D eigenvalue weighted by Crippen LogP contribution is -2.12. The lowest BCUT2D eigenvalue weighted by atomic mass is 10.1. The summed E-state index contributed by atoms with van der Waals surface area (Å²) in [7, 11) is 1.63. The first-order chi connectivity index (χ1) is 11.2. The minimum atomic E-state index is -0.366. The van der Waals surface area contributed by atoms with Gasteiger partial charge in [-0.2, -0.15) is 5.10 Å². The zero-order valence-corrected chi connectivity index (χ0v) is 13.1. The summed E-state index contributed by atoms with van der Waals surface area (Å²) in [6.07, 6.45) is 1.40. The van der Waals surface area contributed by atoms with Gasteiger partial charge in [-0.3, -0.25) is 4.99 Å². The number of rotatable bonds is 3. The van der Waals surface area contributed by atoms with Crippen molar-refractivity contribution in [2.45, 2.75) is 0 Å². The largest absolute Gasteiger partial charge is 0.261 e. The number of hydrogen-bond donors (Lipinski definition) is 0. The van der Waals surface area contributed by atoms with E-state index in [-0.39, 0.29) is 11.6 Å². The van der Waals surface area contributed by atoms with Crippen LogP contribution in [0.25, 0.3) is 11.3 Å². The zero-order valence-electron chi connectivity index (χ0n) is 12.3. The van der Waals surface area contributed by atoms with Crippen molar-refractivity contribution in [3.63, 3.8) is 0 Å². The van der Waals surface area contributed by atoms with E-state index in [2.05, 4.69) is 10.1 Å². The van der Waals surface area contributed by atoms with E-state index in [0.717, 1.165) is 0 Å². The van der Waals surface area contributed by atoms with Gasteiger partial charge in [-0.1, -0.05) is 30.3 Å². The van der Waals surface area contributed by atoms with Crippen molar-refractivity contribution in [1.29, 1.82) is 0 Å². The maximum Gasteiger partial charge on any atom is 0.205 e. The topological polar surface area (TPSA) is 29.6 Å². The summed E-state index contributed by atoms with van der Waals surface area (Å²) >= 11 is 1.34. The van der Waals surface area contributed by atoms with Gasteiger partial charge < -0.3 is 0 Å². The highest BCUT2D eigenvalue weighted by Crippen LogP contribution is 2.23. The van der Waals surface area contributed by atoms with Gasteiger partial charge in [0.25, 0.3) is 0 Å². The van der Waals surface area contributed by atoms with Crippen molar-refractivity contribution in [3.8, 4) is 11.3 Å². The number of thiazole rings is 1. The second kappa shape index (κ2) is 6.66. The van der Waals surface area contributed by atoms with E-state index in [1.165, 1.54) is 34.4 Å². The molecule has 0 saturated heterocycles. The Morgan fingerprint density at radius 2 is 1.70 bits per heavy atom. The van der Waals surface area contributed by atoms with Crippen LogP contribution in [0.15, 0.2) is 64.0 Å². The molecule has 0 aliphatic heterocycles. The highest BCUT2D eigenvalue weighted by molar-refractivity contribution is 7.07. The molecular formula is C17H13F2N3S. The molecule has 0 unspecified atom stereocenters. The van der Waals surface area contributed by atoms with E-state index in [1.54, 1.807) is 48.8 Å². The summed E-state index contributed by atoms with van der Waals surface area (Å²) in [4.78, 5) is 4.73. The maximum atomic E-state index is 14.0. The monoisotopic (exact) mass is 329 g/mol. The smallest absolute Gasteiger partial charge is 0.205 e. The van der Waals surface area contributed by atoms with Gasteiger partial charge >= 0.3 is 0 Å². The van der Waals surface area contributed by atoms with Crippen molar-refractivity contribution in [2.24, 2.45) is 10.1 Å². The minimum Gasteiger partial charge on any atom is -0.261 e. The van der Waals surface area contributed by atoms with E-state index < -0.39 is 0 Å². The molecule has 1 aromatic heterocycles. The van der Waals surface area contributed by atoms with Crippen LogP contribution in [0, 0.1) is 11.6 Å². The maximum absolute atomic E-state index is 14.0. The lowest BCUT2D eigenvalue weighted by Gasteiger charge is -2.04. The van der Waals surface area contributed by atoms with E-state index >= 15 is 0 Å². The van der Waals surface area contributed by atoms with E-state index in [1.807, 2.05) is 0 Å². The number of benzene rings is 2. The summed E-state index contributed by atoms with van der Waals surface area (Å²) in [5, 5.41) is 6.06. The molecule has 0 spiro atoms. The fourth-order valence-corrected chi connectivity index (χ4v) is 2.91. The third-order valence-corrected chi connectivity index (χ3v) is 4.15. The molecule has 0 amide bonds. The molecule has 3 aromatic rings. The van der Waals surface area contributed by atoms with E-state index in [9.17, 15) is 8.78 Å². The van der Waals surface area contributed by atoms with Gasteiger partial charge in [0, 0.05) is 23.6 Å². The van der Waals surface area contributed by atoms with Crippen molar-refractivity contribution in [1.82, 2.24) is 4.68 Å². The molecule has 0 saturated carbocycles. The Labute approximate surface area is 135 Å². The van der Waals surface area contributed by atoms with Crippen molar-refractivity contribution in [3.05, 3.63) is 75.9 Å². The molecule has 0 bridgehead atoms. The molecular weight excluding hydrogens is 316 g/mol. The van der Waals surface area contributed by atoms with Gasteiger partial charge in [-0.15, -0.1) is 11.3 Å². The molecule has 116 valence electrons. The van der Waals surface area contributed by atoms with Crippen LogP contribution in [0.3, 0.4) is 0 Å². The quantitative estimate of drug-likeness (QED) is 0.652. The molecule has 3 nitrogen and oxygen atoms in total. The van der Waals surface area contributed by atoms with E-state index in [0.29, 0.717) is 21.6 Å². The number of nitrogens with zero attached hydrogens (tertiary/aromatic N) is 3. The molecule has 6 heteroatoms. The van der Waals surface area contributed by atoms with Gasteiger partial charge in [0.15, 0.2) is 0 Å². The van der Waals surface area contributed by atoms with Crippen LogP contribution >= 0.6 is 11.3 Å². The average molecular weight is 329 g/mol.